The molecule has 0 aliphatic rings. The molecule has 0 N–H and O–H groups in total. The Kier molecular flexibility index (Phi) is 7.39. The molecule has 1 amide bonds. The molecule has 2 aromatic rings. The predicted octanol–water partition coefficient (Wildman–Crippen LogP) is 1.84. The van der Waals surface area contributed by atoms with Crippen LogP contribution in [0.5, 0.6) is 0 Å². The molecule has 7 nitrogen and oxygen atoms in total. The molecule has 134 valence electrons. The van der Waals surface area contributed by atoms with Gasteiger partial charge in [-0.15, -0.1) is 0 Å². The number of aldehydes is 1. The summed E-state index contributed by atoms with van der Waals surface area (Å²) in [5, 5.41) is 3.72. The maximum absolute atomic E-state index is 13.6. The fourth-order valence-electron chi connectivity index (χ4n) is 1.65. The number of halogens is 2. The molecule has 0 atom stereocenters. The molecule has 0 aliphatic carbocycles. The first-order valence-corrected chi connectivity index (χ1v) is 7.13. The Bertz CT molecular complexity index is 740. The van der Waals surface area contributed by atoms with Crippen LogP contribution in [-0.4, -0.2) is 54.0 Å². The number of nitrogens with zero attached hydrogens (tertiary/aromatic N) is 3. The van der Waals surface area contributed by atoms with Crippen LogP contribution in [0.4, 0.5) is 8.78 Å². The second kappa shape index (κ2) is 9.26. The molecule has 25 heavy (non-hydrogen) atoms. The smallest absolute Gasteiger partial charge is 0.359 e. The van der Waals surface area contributed by atoms with Gasteiger partial charge in [0.2, 0.25) is 6.41 Å². The second-order valence-corrected chi connectivity index (χ2v) is 4.86. The first kappa shape index (κ1) is 19.9. The summed E-state index contributed by atoms with van der Waals surface area (Å²) in [5.74, 6) is -2.55. The number of esters is 1. The van der Waals surface area contributed by atoms with Gasteiger partial charge in [0.25, 0.3) is 0 Å². The lowest BCUT2D eigenvalue weighted by Gasteiger charge is -2.04. The molecule has 0 fully saturated rings. The van der Waals surface area contributed by atoms with Crippen molar-refractivity contribution >= 4 is 18.7 Å². The number of amides is 1. The number of carbonyl (C=O) groups excluding carboxylic acids is 3. The zero-order valence-electron chi connectivity index (χ0n) is 13.9. The summed E-state index contributed by atoms with van der Waals surface area (Å²) in [4.78, 5) is 33.4. The Hall–Kier alpha value is -3.10. The van der Waals surface area contributed by atoms with Crippen molar-refractivity contribution in [2.45, 2.75) is 6.92 Å². The van der Waals surface area contributed by atoms with E-state index in [1.54, 1.807) is 21.0 Å². The van der Waals surface area contributed by atoms with E-state index in [4.69, 9.17) is 4.74 Å². The van der Waals surface area contributed by atoms with Crippen molar-refractivity contribution < 1.29 is 27.9 Å². The third-order valence-electron chi connectivity index (χ3n) is 2.72. The summed E-state index contributed by atoms with van der Waals surface area (Å²) in [7, 11) is 3.38. The fraction of sp³-hybridized carbons (Fsp3) is 0.250. The lowest BCUT2D eigenvalue weighted by Crippen LogP contribution is -2.09. The maximum Gasteiger partial charge on any atom is 0.359 e. The number of benzene rings is 1. The highest BCUT2D eigenvalue weighted by Crippen LogP contribution is 2.18. The van der Waals surface area contributed by atoms with Gasteiger partial charge < -0.3 is 9.64 Å². The molecule has 0 saturated heterocycles. The average Bonchev–Trinajstić information content (AvgIpc) is 2.99. The van der Waals surface area contributed by atoms with Crippen LogP contribution in [0.25, 0.3) is 5.69 Å². The second-order valence-electron chi connectivity index (χ2n) is 4.86. The monoisotopic (exact) mass is 353 g/mol. The van der Waals surface area contributed by atoms with Gasteiger partial charge in [-0.05, 0) is 19.1 Å². The van der Waals surface area contributed by atoms with Gasteiger partial charge in [0.05, 0.1) is 12.2 Å². The number of hydrogen-bond acceptors (Lipinski definition) is 5. The summed E-state index contributed by atoms with van der Waals surface area (Å²) in [6.07, 6.45) is 2.19. The quantitative estimate of drug-likeness (QED) is 0.605. The number of rotatable bonds is 5. The Labute approximate surface area is 142 Å². The molecule has 0 unspecified atom stereocenters. The molecule has 1 aromatic carbocycles. The zero-order chi connectivity index (χ0) is 19.0. The van der Waals surface area contributed by atoms with Crippen molar-refractivity contribution in [3.05, 3.63) is 47.3 Å². The van der Waals surface area contributed by atoms with Gasteiger partial charge in [-0.3, -0.25) is 9.59 Å². The molecule has 1 aromatic heterocycles. The van der Waals surface area contributed by atoms with Crippen LogP contribution < -0.4 is 0 Å². The summed E-state index contributed by atoms with van der Waals surface area (Å²) >= 11 is 0. The maximum atomic E-state index is 13.6. The van der Waals surface area contributed by atoms with E-state index in [2.05, 4.69) is 5.10 Å². The first-order valence-electron chi connectivity index (χ1n) is 7.13. The molecule has 2 rings (SSSR count). The summed E-state index contributed by atoms with van der Waals surface area (Å²) < 4.78 is 32.8. The van der Waals surface area contributed by atoms with Crippen molar-refractivity contribution in [3.63, 3.8) is 0 Å². The lowest BCUT2D eigenvalue weighted by atomic mass is 10.2. The molecule has 0 bridgehead atoms. The summed E-state index contributed by atoms with van der Waals surface area (Å²) in [6.45, 7) is 1.68. The van der Waals surface area contributed by atoms with Crippen molar-refractivity contribution in [1.82, 2.24) is 14.7 Å². The number of hydrogen-bond donors (Lipinski definition) is 0. The van der Waals surface area contributed by atoms with Gasteiger partial charge in [-0.25, -0.2) is 18.3 Å². The molecular formula is C16H17F2N3O4. The predicted molar refractivity (Wildman–Crippen MR) is 84.6 cm³/mol. The minimum atomic E-state index is -0.861. The van der Waals surface area contributed by atoms with Crippen LogP contribution in [0.3, 0.4) is 0 Å². The minimum Gasteiger partial charge on any atom is -0.461 e. The third-order valence-corrected chi connectivity index (χ3v) is 2.72. The third kappa shape index (κ3) is 5.20. The number of aromatic nitrogens is 2. The highest BCUT2D eigenvalue weighted by Gasteiger charge is 2.20. The number of ether oxygens (including phenoxy) is 1. The van der Waals surface area contributed by atoms with Crippen LogP contribution in [0.2, 0.25) is 0 Å². The van der Waals surface area contributed by atoms with Gasteiger partial charge in [-0.2, -0.15) is 5.10 Å². The van der Waals surface area contributed by atoms with Crippen LogP contribution in [0.15, 0.2) is 24.4 Å². The number of carbonyl (C=O) groups is 3. The van der Waals surface area contributed by atoms with Crippen molar-refractivity contribution in [1.29, 1.82) is 0 Å². The van der Waals surface area contributed by atoms with Gasteiger partial charge in [0.1, 0.15) is 5.69 Å². The van der Waals surface area contributed by atoms with Crippen molar-refractivity contribution in [3.8, 4) is 5.69 Å². The van der Waals surface area contributed by atoms with Gasteiger partial charge in [-0.1, -0.05) is 6.07 Å². The molecule has 0 saturated carbocycles. The highest BCUT2D eigenvalue weighted by molar-refractivity contribution is 5.96. The van der Waals surface area contributed by atoms with Crippen LogP contribution >= 0.6 is 0 Å². The average molecular weight is 353 g/mol. The van der Waals surface area contributed by atoms with E-state index in [1.165, 1.54) is 11.0 Å². The van der Waals surface area contributed by atoms with E-state index in [-0.39, 0.29) is 17.9 Å². The summed E-state index contributed by atoms with van der Waals surface area (Å²) in [6, 6.07) is 3.29. The van der Waals surface area contributed by atoms with Gasteiger partial charge in [0.15, 0.2) is 23.6 Å². The van der Waals surface area contributed by atoms with E-state index in [0.29, 0.717) is 6.29 Å². The molecule has 9 heteroatoms. The normalized spacial score (nSPS) is 9.64. The van der Waals surface area contributed by atoms with E-state index in [9.17, 15) is 23.2 Å². The SMILES string of the molecule is CCOC(=O)c1nn(-c2c(F)cccc2F)cc1C=O.CN(C)C=O. The van der Waals surface area contributed by atoms with Gasteiger partial charge >= 0.3 is 5.97 Å². The molecule has 0 spiro atoms. The van der Waals surface area contributed by atoms with Crippen molar-refractivity contribution in [2.75, 3.05) is 20.7 Å². The minimum absolute atomic E-state index is 0.0953. The standard InChI is InChI=1S/C13H10F2N2O3.C3H7NO/c1-2-20-13(19)11-8(7-18)6-17(16-11)12-9(14)4-3-5-10(12)15;1-4(2)3-5/h3-7H,2H2,1H3;3H,1-2H3. The van der Waals surface area contributed by atoms with E-state index in [0.717, 1.165) is 29.4 Å². The van der Waals surface area contributed by atoms with Crippen LogP contribution in [0.1, 0.15) is 27.8 Å². The van der Waals surface area contributed by atoms with Crippen LogP contribution in [-0.2, 0) is 9.53 Å². The molecular weight excluding hydrogens is 336 g/mol. The Balaban J connectivity index is 0.000000550. The highest BCUT2D eigenvalue weighted by atomic mass is 19.1. The largest absolute Gasteiger partial charge is 0.461 e. The zero-order valence-corrected chi connectivity index (χ0v) is 13.9. The number of para-hydroxylation sites is 1. The summed E-state index contributed by atoms with van der Waals surface area (Å²) in [5.41, 5.74) is -0.859. The van der Waals surface area contributed by atoms with E-state index in [1.807, 2.05) is 0 Å². The molecule has 0 radical (unpaired) electrons. The Morgan fingerprint density at radius 2 is 1.84 bits per heavy atom. The fourth-order valence-corrected chi connectivity index (χ4v) is 1.65. The Morgan fingerprint density at radius 1 is 1.28 bits per heavy atom. The van der Waals surface area contributed by atoms with Crippen molar-refractivity contribution in [2.24, 2.45) is 0 Å². The van der Waals surface area contributed by atoms with Gasteiger partial charge in [0, 0.05) is 20.3 Å². The molecule has 1 heterocycles. The van der Waals surface area contributed by atoms with E-state index < -0.39 is 23.3 Å². The van der Waals surface area contributed by atoms with E-state index >= 15 is 0 Å². The Morgan fingerprint density at radius 3 is 2.28 bits per heavy atom. The lowest BCUT2D eigenvalue weighted by molar-refractivity contribution is -0.115. The topological polar surface area (TPSA) is 81.5 Å². The first-order chi connectivity index (χ1) is 11.8. The molecule has 0 aliphatic heterocycles. The van der Waals surface area contributed by atoms with Crippen LogP contribution in [0, 0.1) is 11.6 Å².